The van der Waals surface area contributed by atoms with E-state index in [4.69, 9.17) is 9.68 Å². The van der Waals surface area contributed by atoms with Crippen molar-refractivity contribution in [2.45, 2.75) is 6.42 Å². The molecule has 0 N–H and O–H groups in total. The van der Waals surface area contributed by atoms with Crippen LogP contribution in [-0.2, 0) is 0 Å². The molecule has 0 aliphatic carbocycles. The molecule has 0 aromatic carbocycles. The number of aromatic nitrogens is 1. The lowest BCUT2D eigenvalue weighted by Gasteiger charge is -1.94. The summed E-state index contributed by atoms with van der Waals surface area (Å²) < 4.78 is 5.44. The molecule has 0 bridgehead atoms. The molecule has 0 fully saturated rings. The number of ketones is 1. The van der Waals surface area contributed by atoms with Gasteiger partial charge < -0.3 is 4.42 Å². The predicted molar refractivity (Wildman–Crippen MR) is 65.6 cm³/mol. The van der Waals surface area contributed by atoms with E-state index in [1.165, 1.54) is 12.2 Å². The molecule has 18 heavy (non-hydrogen) atoms. The number of pyridine rings is 1. The minimum absolute atomic E-state index is 0.210. The Balaban J connectivity index is 2.16. The van der Waals surface area contributed by atoms with E-state index in [9.17, 15) is 4.79 Å². The molecular formula is C14H10N2O2. The van der Waals surface area contributed by atoms with Gasteiger partial charge in [-0.3, -0.25) is 9.78 Å². The van der Waals surface area contributed by atoms with E-state index < -0.39 is 0 Å². The van der Waals surface area contributed by atoms with Crippen molar-refractivity contribution in [1.82, 2.24) is 4.98 Å². The standard InChI is InChI=1S/C14H10N2O2/c15-8-2-1-5-12(17)14-7-6-13(18-14)11-4-3-9-16-10-11/h1,3-7,9-10H,2H2. The lowest BCUT2D eigenvalue weighted by Crippen LogP contribution is -1.90. The topological polar surface area (TPSA) is 66.9 Å². The third-order valence-corrected chi connectivity index (χ3v) is 2.27. The molecule has 0 amide bonds. The highest BCUT2D eigenvalue weighted by Gasteiger charge is 2.09. The Labute approximate surface area is 104 Å². The van der Waals surface area contributed by atoms with Gasteiger partial charge in [0.05, 0.1) is 12.5 Å². The van der Waals surface area contributed by atoms with Gasteiger partial charge in [-0.1, -0.05) is 6.08 Å². The van der Waals surface area contributed by atoms with Crippen LogP contribution in [0.2, 0.25) is 0 Å². The summed E-state index contributed by atoms with van der Waals surface area (Å²) in [4.78, 5) is 15.6. The fourth-order valence-corrected chi connectivity index (χ4v) is 1.43. The second kappa shape index (κ2) is 5.60. The summed E-state index contributed by atoms with van der Waals surface area (Å²) in [6.07, 6.45) is 6.40. The van der Waals surface area contributed by atoms with Crippen molar-refractivity contribution in [3.8, 4) is 17.4 Å². The van der Waals surface area contributed by atoms with Crippen LogP contribution in [0.5, 0.6) is 0 Å². The first-order valence-corrected chi connectivity index (χ1v) is 5.39. The summed E-state index contributed by atoms with van der Waals surface area (Å²) in [5.74, 6) is 0.601. The van der Waals surface area contributed by atoms with E-state index in [2.05, 4.69) is 4.98 Å². The molecule has 4 heteroatoms. The van der Waals surface area contributed by atoms with Crippen LogP contribution in [0, 0.1) is 11.3 Å². The quantitative estimate of drug-likeness (QED) is 0.606. The molecule has 88 valence electrons. The van der Waals surface area contributed by atoms with Gasteiger partial charge in [0.1, 0.15) is 5.76 Å². The van der Waals surface area contributed by atoms with Crippen LogP contribution >= 0.6 is 0 Å². The summed E-state index contributed by atoms with van der Waals surface area (Å²) in [6.45, 7) is 0. The van der Waals surface area contributed by atoms with Crippen molar-refractivity contribution >= 4 is 5.78 Å². The second-order valence-corrected chi connectivity index (χ2v) is 3.53. The highest BCUT2D eigenvalue weighted by molar-refractivity contribution is 6.02. The molecule has 0 aliphatic heterocycles. The third-order valence-electron chi connectivity index (χ3n) is 2.27. The van der Waals surface area contributed by atoms with Crippen molar-refractivity contribution in [2.24, 2.45) is 0 Å². The van der Waals surface area contributed by atoms with Crippen molar-refractivity contribution in [3.63, 3.8) is 0 Å². The van der Waals surface area contributed by atoms with Crippen LogP contribution in [0.25, 0.3) is 11.3 Å². The number of nitriles is 1. The highest BCUT2D eigenvalue weighted by atomic mass is 16.3. The van der Waals surface area contributed by atoms with Gasteiger partial charge in [0.15, 0.2) is 5.76 Å². The van der Waals surface area contributed by atoms with E-state index in [1.807, 2.05) is 12.1 Å². The lowest BCUT2D eigenvalue weighted by atomic mass is 10.2. The fourth-order valence-electron chi connectivity index (χ4n) is 1.43. The molecule has 0 spiro atoms. The van der Waals surface area contributed by atoms with Crippen molar-refractivity contribution in [3.05, 3.63) is 54.6 Å². The Kier molecular flexibility index (Phi) is 3.67. The number of nitrogens with zero attached hydrogens (tertiary/aromatic N) is 2. The number of carbonyl (C=O) groups excluding carboxylic acids is 1. The first-order chi connectivity index (χ1) is 8.81. The first-order valence-electron chi connectivity index (χ1n) is 5.39. The Morgan fingerprint density at radius 1 is 1.44 bits per heavy atom. The Bertz CT molecular complexity index is 606. The van der Waals surface area contributed by atoms with Crippen LogP contribution in [0.3, 0.4) is 0 Å². The normalized spacial score (nSPS) is 10.4. The Morgan fingerprint density at radius 2 is 2.33 bits per heavy atom. The highest BCUT2D eigenvalue weighted by Crippen LogP contribution is 2.21. The molecule has 0 unspecified atom stereocenters. The maximum absolute atomic E-state index is 11.7. The maximum Gasteiger partial charge on any atom is 0.220 e. The maximum atomic E-state index is 11.7. The molecular weight excluding hydrogens is 228 g/mol. The number of rotatable bonds is 4. The van der Waals surface area contributed by atoms with Gasteiger partial charge in [-0.25, -0.2) is 0 Å². The third kappa shape index (κ3) is 2.71. The Morgan fingerprint density at radius 3 is 3.06 bits per heavy atom. The molecule has 0 saturated heterocycles. The number of hydrogen-bond donors (Lipinski definition) is 0. The molecule has 0 atom stereocenters. The molecule has 0 saturated carbocycles. The largest absolute Gasteiger partial charge is 0.453 e. The SMILES string of the molecule is N#CCC=CC(=O)c1ccc(-c2cccnc2)o1. The Hall–Kier alpha value is -2.67. The van der Waals surface area contributed by atoms with E-state index in [1.54, 1.807) is 30.6 Å². The molecule has 0 radical (unpaired) electrons. The summed E-state index contributed by atoms with van der Waals surface area (Å²) in [7, 11) is 0. The molecule has 4 nitrogen and oxygen atoms in total. The van der Waals surface area contributed by atoms with E-state index in [0.717, 1.165) is 5.56 Å². The summed E-state index contributed by atoms with van der Waals surface area (Å²) >= 11 is 0. The summed E-state index contributed by atoms with van der Waals surface area (Å²) in [5, 5.41) is 8.36. The van der Waals surface area contributed by atoms with Crippen molar-refractivity contribution in [2.75, 3.05) is 0 Å². The van der Waals surface area contributed by atoms with E-state index >= 15 is 0 Å². The van der Waals surface area contributed by atoms with Gasteiger partial charge in [-0.15, -0.1) is 0 Å². The lowest BCUT2D eigenvalue weighted by molar-refractivity contribution is 0.102. The van der Waals surface area contributed by atoms with Crippen molar-refractivity contribution in [1.29, 1.82) is 5.26 Å². The minimum atomic E-state index is -0.250. The van der Waals surface area contributed by atoms with Crippen LogP contribution < -0.4 is 0 Å². The zero-order chi connectivity index (χ0) is 12.8. The predicted octanol–water partition coefficient (Wildman–Crippen LogP) is 2.99. The van der Waals surface area contributed by atoms with Crippen LogP contribution in [0.4, 0.5) is 0 Å². The summed E-state index contributed by atoms with van der Waals surface area (Å²) in [5.41, 5.74) is 0.817. The molecule has 2 heterocycles. The van der Waals surface area contributed by atoms with Crippen LogP contribution in [-0.4, -0.2) is 10.8 Å². The average molecular weight is 238 g/mol. The molecule has 2 rings (SSSR count). The minimum Gasteiger partial charge on any atom is -0.453 e. The zero-order valence-electron chi connectivity index (χ0n) is 9.54. The van der Waals surface area contributed by atoms with Crippen LogP contribution in [0.1, 0.15) is 17.0 Å². The number of carbonyl (C=O) groups is 1. The van der Waals surface area contributed by atoms with Gasteiger partial charge in [0.2, 0.25) is 5.78 Å². The van der Waals surface area contributed by atoms with E-state index in [-0.39, 0.29) is 18.0 Å². The van der Waals surface area contributed by atoms with Gasteiger partial charge in [-0.2, -0.15) is 5.26 Å². The first kappa shape index (κ1) is 11.8. The number of allylic oxidation sites excluding steroid dienone is 2. The van der Waals surface area contributed by atoms with Gasteiger partial charge in [0, 0.05) is 18.0 Å². The molecule has 2 aromatic heterocycles. The van der Waals surface area contributed by atoms with E-state index in [0.29, 0.717) is 5.76 Å². The van der Waals surface area contributed by atoms with Crippen molar-refractivity contribution < 1.29 is 9.21 Å². The van der Waals surface area contributed by atoms with Gasteiger partial charge >= 0.3 is 0 Å². The van der Waals surface area contributed by atoms with Gasteiger partial charge in [0.25, 0.3) is 0 Å². The van der Waals surface area contributed by atoms with Crippen LogP contribution in [0.15, 0.2) is 53.2 Å². The smallest absolute Gasteiger partial charge is 0.220 e. The monoisotopic (exact) mass is 238 g/mol. The molecule has 0 aliphatic rings. The second-order valence-electron chi connectivity index (χ2n) is 3.53. The summed E-state index contributed by atoms with van der Waals surface area (Å²) in [6, 6.07) is 8.92. The average Bonchev–Trinajstić information content (AvgIpc) is 2.89. The fraction of sp³-hybridized carbons (Fsp3) is 0.0714. The van der Waals surface area contributed by atoms with Gasteiger partial charge in [-0.05, 0) is 30.3 Å². The number of hydrogen-bond acceptors (Lipinski definition) is 4. The molecule has 2 aromatic rings. The number of furan rings is 1. The zero-order valence-corrected chi connectivity index (χ0v) is 9.54.